The van der Waals surface area contributed by atoms with Gasteiger partial charge in [-0.2, -0.15) is 0 Å². The van der Waals surface area contributed by atoms with Crippen molar-refractivity contribution in [1.29, 1.82) is 0 Å². The smallest absolute Gasteiger partial charge is 0.230 e. The van der Waals surface area contributed by atoms with E-state index in [-0.39, 0.29) is 30.3 Å². The van der Waals surface area contributed by atoms with E-state index >= 15 is 0 Å². The van der Waals surface area contributed by atoms with Crippen molar-refractivity contribution in [3.63, 3.8) is 0 Å². The molecular weight excluding hydrogens is 296 g/mol. The van der Waals surface area contributed by atoms with Crippen LogP contribution in [0.25, 0.3) is 10.8 Å². The molecule has 0 saturated carbocycles. The average molecular weight is 319 g/mol. The number of nitrogens with one attached hydrogen (secondary N) is 1. The number of nitrogens with zero attached hydrogens (tertiary/aromatic N) is 1. The van der Waals surface area contributed by atoms with Crippen LogP contribution in [0.4, 0.5) is 0 Å². The average Bonchev–Trinajstić information content (AvgIpc) is 2.53. The maximum atomic E-state index is 12.7. The van der Waals surface area contributed by atoms with Gasteiger partial charge in [0.15, 0.2) is 0 Å². The van der Waals surface area contributed by atoms with E-state index in [4.69, 9.17) is 0 Å². The van der Waals surface area contributed by atoms with Gasteiger partial charge in [0.2, 0.25) is 5.91 Å². The van der Waals surface area contributed by atoms with Gasteiger partial charge in [0.05, 0.1) is 5.92 Å². The van der Waals surface area contributed by atoms with Crippen molar-refractivity contribution in [1.82, 2.24) is 10.2 Å². The summed E-state index contributed by atoms with van der Waals surface area (Å²) in [7, 11) is 0. The summed E-state index contributed by atoms with van der Waals surface area (Å²) in [5.41, 5.74) is 1.10. The van der Waals surface area contributed by atoms with Crippen LogP contribution in [0, 0.1) is 0 Å². The zero-order valence-corrected chi connectivity index (χ0v) is 13.9. The molecule has 1 aliphatic rings. The Kier molecular flexibility index (Phi) is 5.43. The molecule has 0 radical (unpaired) electrons. The first-order valence-electron chi connectivity index (χ1n) is 7.66. The molecule has 1 aliphatic heterocycles. The van der Waals surface area contributed by atoms with Crippen molar-refractivity contribution < 1.29 is 4.79 Å². The predicted molar refractivity (Wildman–Crippen MR) is 93.7 cm³/mol. The van der Waals surface area contributed by atoms with Crippen molar-refractivity contribution >= 4 is 29.1 Å². The highest BCUT2D eigenvalue weighted by molar-refractivity contribution is 5.87. The van der Waals surface area contributed by atoms with Crippen molar-refractivity contribution in [3.05, 3.63) is 48.0 Å². The Labute approximate surface area is 138 Å². The lowest BCUT2D eigenvalue weighted by atomic mass is 9.96. The highest BCUT2D eigenvalue weighted by Gasteiger charge is 2.27. The molecule has 1 N–H and O–H groups in total. The monoisotopic (exact) mass is 318 g/mol. The molecule has 1 fully saturated rings. The van der Waals surface area contributed by atoms with Crippen LogP contribution in [-0.4, -0.2) is 36.5 Å². The Morgan fingerprint density at radius 2 is 1.95 bits per heavy atom. The number of piperazine rings is 1. The number of carbonyl (C=O) groups excluding carboxylic acids is 1. The van der Waals surface area contributed by atoms with Gasteiger partial charge in [-0.15, -0.1) is 12.4 Å². The molecule has 22 heavy (non-hydrogen) atoms. The molecule has 2 atom stereocenters. The van der Waals surface area contributed by atoms with Gasteiger partial charge >= 0.3 is 0 Å². The van der Waals surface area contributed by atoms with Gasteiger partial charge in [0, 0.05) is 25.7 Å². The van der Waals surface area contributed by atoms with Crippen molar-refractivity contribution in [3.8, 4) is 0 Å². The number of carbonyl (C=O) groups is 1. The normalized spacial score (nSPS) is 19.5. The summed E-state index contributed by atoms with van der Waals surface area (Å²) < 4.78 is 0. The van der Waals surface area contributed by atoms with E-state index in [0.29, 0.717) is 0 Å². The topological polar surface area (TPSA) is 32.3 Å². The third kappa shape index (κ3) is 3.26. The van der Waals surface area contributed by atoms with Crippen LogP contribution in [0.5, 0.6) is 0 Å². The lowest BCUT2D eigenvalue weighted by molar-refractivity contribution is -0.135. The summed E-state index contributed by atoms with van der Waals surface area (Å²) in [5, 5.41) is 5.74. The number of benzene rings is 2. The molecule has 1 saturated heterocycles. The maximum absolute atomic E-state index is 12.7. The number of rotatable bonds is 2. The van der Waals surface area contributed by atoms with Gasteiger partial charge in [-0.1, -0.05) is 42.5 Å². The Hall–Kier alpha value is -1.58. The third-order valence-corrected chi connectivity index (χ3v) is 4.43. The molecule has 4 heteroatoms. The summed E-state index contributed by atoms with van der Waals surface area (Å²) in [6, 6.07) is 14.9. The summed E-state index contributed by atoms with van der Waals surface area (Å²) in [6.45, 7) is 6.70. The molecule has 0 spiro atoms. The minimum atomic E-state index is -0.0878. The van der Waals surface area contributed by atoms with E-state index < -0.39 is 0 Å². The van der Waals surface area contributed by atoms with Crippen LogP contribution in [0.3, 0.4) is 0 Å². The predicted octanol–water partition coefficient (Wildman–Crippen LogP) is 3.19. The second-order valence-electron chi connectivity index (χ2n) is 5.91. The fraction of sp³-hybridized carbons (Fsp3) is 0.389. The molecule has 1 unspecified atom stereocenters. The van der Waals surface area contributed by atoms with E-state index in [0.717, 1.165) is 25.2 Å². The molecule has 0 aromatic heterocycles. The number of hydrogen-bond acceptors (Lipinski definition) is 2. The molecular formula is C18H23ClN2O. The molecule has 3 rings (SSSR count). The molecule has 2 aromatic carbocycles. The van der Waals surface area contributed by atoms with Crippen LogP contribution in [0.15, 0.2) is 42.5 Å². The largest absolute Gasteiger partial charge is 0.337 e. The number of fused-ring (bicyclic) bond motifs is 1. The van der Waals surface area contributed by atoms with E-state index in [9.17, 15) is 4.79 Å². The highest BCUT2D eigenvalue weighted by atomic mass is 35.5. The van der Waals surface area contributed by atoms with Gasteiger partial charge in [0.25, 0.3) is 0 Å². The first kappa shape index (κ1) is 16.8. The van der Waals surface area contributed by atoms with Gasteiger partial charge in [0.1, 0.15) is 0 Å². The lowest BCUT2D eigenvalue weighted by Gasteiger charge is -2.35. The van der Waals surface area contributed by atoms with Crippen molar-refractivity contribution in [2.75, 3.05) is 19.6 Å². The fourth-order valence-electron chi connectivity index (χ4n) is 3.04. The van der Waals surface area contributed by atoms with Crippen LogP contribution in [-0.2, 0) is 4.79 Å². The Balaban J connectivity index is 0.00000176. The molecule has 118 valence electrons. The van der Waals surface area contributed by atoms with Crippen LogP contribution in [0.2, 0.25) is 0 Å². The van der Waals surface area contributed by atoms with Gasteiger partial charge < -0.3 is 10.2 Å². The van der Waals surface area contributed by atoms with E-state index in [1.807, 2.05) is 24.0 Å². The van der Waals surface area contributed by atoms with Gasteiger partial charge in [-0.05, 0) is 30.2 Å². The fourth-order valence-corrected chi connectivity index (χ4v) is 3.04. The molecule has 1 heterocycles. The first-order valence-corrected chi connectivity index (χ1v) is 7.66. The van der Waals surface area contributed by atoms with E-state index in [1.54, 1.807) is 0 Å². The summed E-state index contributed by atoms with van der Waals surface area (Å²) in [4.78, 5) is 14.8. The van der Waals surface area contributed by atoms with Crippen LogP contribution >= 0.6 is 12.4 Å². The SMILES string of the molecule is CC(C(=O)N1CCNC[C@H]1C)c1ccc2ccccc2c1.Cl. The maximum Gasteiger partial charge on any atom is 0.230 e. The molecule has 1 amide bonds. The summed E-state index contributed by atoms with van der Waals surface area (Å²) in [5.74, 6) is 0.148. The van der Waals surface area contributed by atoms with Crippen LogP contribution in [0.1, 0.15) is 25.3 Å². The zero-order valence-electron chi connectivity index (χ0n) is 13.1. The quantitative estimate of drug-likeness (QED) is 0.922. The van der Waals surface area contributed by atoms with Gasteiger partial charge in [-0.3, -0.25) is 4.79 Å². The van der Waals surface area contributed by atoms with Crippen molar-refractivity contribution in [2.45, 2.75) is 25.8 Å². The Morgan fingerprint density at radius 3 is 2.68 bits per heavy atom. The highest BCUT2D eigenvalue weighted by Crippen LogP contribution is 2.24. The second-order valence-corrected chi connectivity index (χ2v) is 5.91. The summed E-state index contributed by atoms with van der Waals surface area (Å²) >= 11 is 0. The molecule has 0 aliphatic carbocycles. The third-order valence-electron chi connectivity index (χ3n) is 4.43. The van der Waals surface area contributed by atoms with Crippen LogP contribution < -0.4 is 5.32 Å². The first-order chi connectivity index (χ1) is 10.2. The van der Waals surface area contributed by atoms with E-state index in [2.05, 4.69) is 42.6 Å². The van der Waals surface area contributed by atoms with Crippen molar-refractivity contribution in [2.24, 2.45) is 0 Å². The summed E-state index contributed by atoms with van der Waals surface area (Å²) in [6.07, 6.45) is 0. The Bertz CT molecular complexity index is 658. The molecule has 2 aromatic rings. The number of hydrogen-bond donors (Lipinski definition) is 1. The number of amides is 1. The molecule has 0 bridgehead atoms. The molecule has 3 nitrogen and oxygen atoms in total. The second kappa shape index (κ2) is 7.12. The van der Waals surface area contributed by atoms with Gasteiger partial charge in [-0.25, -0.2) is 0 Å². The Morgan fingerprint density at radius 1 is 1.23 bits per heavy atom. The zero-order chi connectivity index (χ0) is 14.8. The standard InChI is InChI=1S/C18H22N2O.ClH/c1-13-12-19-9-10-20(13)18(21)14(2)16-8-7-15-5-3-4-6-17(15)11-16;/h3-8,11,13-14,19H,9-10,12H2,1-2H3;1H/t13-,14?;/m1./s1. The number of halogens is 1. The lowest BCUT2D eigenvalue weighted by Crippen LogP contribution is -2.53. The van der Waals surface area contributed by atoms with E-state index in [1.165, 1.54) is 10.8 Å². The minimum Gasteiger partial charge on any atom is -0.337 e. The minimum absolute atomic E-state index is 0.